The molecule has 1 saturated heterocycles. The van der Waals surface area contributed by atoms with Gasteiger partial charge in [0, 0.05) is 12.2 Å². The molecule has 24 heavy (non-hydrogen) atoms. The molecule has 1 aromatic heterocycles. The number of carbonyl (C=O) groups excluding carboxylic acids is 2. The molecular weight excluding hydrogens is 314 g/mol. The summed E-state index contributed by atoms with van der Waals surface area (Å²) in [4.78, 5) is 27.1. The number of fused-ring (bicyclic) bond motifs is 1. The first-order valence-corrected chi connectivity index (χ1v) is 7.77. The van der Waals surface area contributed by atoms with Gasteiger partial charge in [0.25, 0.3) is 0 Å². The number of nitrogens with zero attached hydrogens (tertiary/aromatic N) is 1. The first-order chi connectivity index (χ1) is 11.5. The molecular formula is C17H21NO6. The van der Waals surface area contributed by atoms with Gasteiger partial charge in [-0.05, 0) is 26.0 Å². The lowest BCUT2D eigenvalue weighted by atomic mass is 9.73. The van der Waals surface area contributed by atoms with Crippen molar-refractivity contribution in [1.29, 1.82) is 0 Å². The van der Waals surface area contributed by atoms with Crippen molar-refractivity contribution < 1.29 is 28.2 Å². The van der Waals surface area contributed by atoms with E-state index in [4.69, 9.17) is 18.6 Å². The fraction of sp³-hybridized carbons (Fsp3) is 0.529. The maximum Gasteiger partial charge on any atom is 0.336 e. The van der Waals surface area contributed by atoms with Crippen LogP contribution in [0.2, 0.25) is 0 Å². The second-order valence-electron chi connectivity index (χ2n) is 6.04. The van der Waals surface area contributed by atoms with Crippen LogP contribution in [0.4, 0.5) is 0 Å². The lowest BCUT2D eigenvalue weighted by molar-refractivity contribution is -0.172. The molecule has 3 rings (SSSR count). The number of methoxy groups -OCH3 is 2. The van der Waals surface area contributed by atoms with Crippen molar-refractivity contribution in [3.05, 3.63) is 35.4 Å². The highest BCUT2D eigenvalue weighted by Crippen LogP contribution is 2.50. The summed E-state index contributed by atoms with van der Waals surface area (Å²) >= 11 is 0. The van der Waals surface area contributed by atoms with Gasteiger partial charge in [0.05, 0.1) is 38.6 Å². The zero-order valence-corrected chi connectivity index (χ0v) is 14.2. The number of rotatable bonds is 3. The van der Waals surface area contributed by atoms with Crippen LogP contribution in [0.15, 0.2) is 34.1 Å². The number of esters is 2. The summed E-state index contributed by atoms with van der Waals surface area (Å²) in [7, 11) is 2.65. The van der Waals surface area contributed by atoms with Crippen LogP contribution in [0.1, 0.15) is 25.5 Å². The van der Waals surface area contributed by atoms with E-state index in [1.165, 1.54) is 20.5 Å². The van der Waals surface area contributed by atoms with Gasteiger partial charge in [-0.2, -0.15) is 0 Å². The normalized spacial score (nSPS) is 29.4. The minimum Gasteiger partial charge on any atom is -0.469 e. The Morgan fingerprint density at radius 2 is 2.08 bits per heavy atom. The Balaban J connectivity index is 2.25. The van der Waals surface area contributed by atoms with E-state index in [-0.39, 0.29) is 0 Å². The predicted octanol–water partition coefficient (Wildman–Crippen LogP) is 1.66. The van der Waals surface area contributed by atoms with Gasteiger partial charge in [-0.1, -0.05) is 0 Å². The van der Waals surface area contributed by atoms with E-state index in [9.17, 15) is 9.59 Å². The molecule has 7 nitrogen and oxygen atoms in total. The number of furan rings is 1. The van der Waals surface area contributed by atoms with Crippen LogP contribution in [0.25, 0.3) is 0 Å². The number of hydrogen-bond donors (Lipinski definition) is 0. The van der Waals surface area contributed by atoms with Gasteiger partial charge in [-0.3, -0.25) is 4.79 Å². The van der Waals surface area contributed by atoms with Crippen molar-refractivity contribution in [3.63, 3.8) is 0 Å². The number of carbonyl (C=O) groups is 2. The summed E-state index contributed by atoms with van der Waals surface area (Å²) in [5.74, 6) is -1.84. The second kappa shape index (κ2) is 5.98. The molecule has 0 saturated carbocycles. The molecule has 0 aromatic carbocycles. The Labute approximate surface area is 140 Å². The molecule has 2 aliphatic heterocycles. The van der Waals surface area contributed by atoms with Gasteiger partial charge in [-0.15, -0.1) is 0 Å². The van der Waals surface area contributed by atoms with Gasteiger partial charge >= 0.3 is 11.9 Å². The summed E-state index contributed by atoms with van der Waals surface area (Å²) < 4.78 is 21.5. The van der Waals surface area contributed by atoms with Crippen molar-refractivity contribution in [1.82, 2.24) is 4.90 Å². The van der Waals surface area contributed by atoms with Crippen LogP contribution < -0.4 is 0 Å². The Morgan fingerprint density at radius 3 is 2.67 bits per heavy atom. The van der Waals surface area contributed by atoms with Crippen LogP contribution in [0, 0.1) is 5.92 Å². The predicted molar refractivity (Wildman–Crippen MR) is 82.7 cm³/mol. The molecule has 7 heteroatoms. The lowest BCUT2D eigenvalue weighted by Gasteiger charge is -2.47. The maximum absolute atomic E-state index is 12.6. The smallest absolute Gasteiger partial charge is 0.336 e. The lowest BCUT2D eigenvalue weighted by Crippen LogP contribution is -2.57. The van der Waals surface area contributed by atoms with Crippen LogP contribution >= 0.6 is 0 Å². The molecule has 0 radical (unpaired) electrons. The monoisotopic (exact) mass is 335 g/mol. The quantitative estimate of drug-likeness (QED) is 0.777. The number of allylic oxidation sites excluding steroid dienone is 1. The average Bonchev–Trinajstić information content (AvgIpc) is 3.22. The van der Waals surface area contributed by atoms with E-state index < -0.39 is 29.5 Å². The molecule has 1 aromatic rings. The Kier molecular flexibility index (Phi) is 4.13. The van der Waals surface area contributed by atoms with Gasteiger partial charge in [0.2, 0.25) is 0 Å². The first-order valence-electron chi connectivity index (χ1n) is 7.77. The summed E-state index contributed by atoms with van der Waals surface area (Å²) in [6.07, 6.45) is 1.51. The van der Waals surface area contributed by atoms with Crippen LogP contribution in [0.5, 0.6) is 0 Å². The minimum absolute atomic E-state index is 0.394. The minimum atomic E-state index is -0.911. The van der Waals surface area contributed by atoms with Gasteiger partial charge in [0.1, 0.15) is 11.7 Å². The number of hydrogen-bond acceptors (Lipinski definition) is 7. The molecule has 0 spiro atoms. The fourth-order valence-electron chi connectivity index (χ4n) is 3.89. The maximum atomic E-state index is 12.6. The summed E-state index contributed by atoms with van der Waals surface area (Å²) in [6.45, 7) is 4.72. The second-order valence-corrected chi connectivity index (χ2v) is 6.04. The SMILES string of the molecule is COC(=O)C1=C(C)N2CCO[C@@]2(C)[C@@H](C(=O)OC)[C@@H]1c1ccco1. The van der Waals surface area contributed by atoms with E-state index in [1.54, 1.807) is 12.1 Å². The molecule has 0 aliphatic carbocycles. The molecule has 0 unspecified atom stereocenters. The molecule has 0 N–H and O–H groups in total. The Morgan fingerprint density at radius 1 is 1.33 bits per heavy atom. The molecule has 3 atom stereocenters. The van der Waals surface area contributed by atoms with E-state index in [0.717, 1.165) is 5.70 Å². The van der Waals surface area contributed by atoms with Gasteiger partial charge in [0.15, 0.2) is 5.72 Å². The van der Waals surface area contributed by atoms with Crippen LogP contribution in [0.3, 0.4) is 0 Å². The third-order valence-electron chi connectivity index (χ3n) is 4.97. The summed E-state index contributed by atoms with van der Waals surface area (Å²) in [5.41, 5.74) is 0.209. The molecule has 0 bridgehead atoms. The van der Waals surface area contributed by atoms with E-state index in [0.29, 0.717) is 24.5 Å². The van der Waals surface area contributed by atoms with Crippen LogP contribution in [-0.4, -0.2) is 49.9 Å². The average molecular weight is 335 g/mol. The van der Waals surface area contributed by atoms with E-state index >= 15 is 0 Å². The van der Waals surface area contributed by atoms with Crippen molar-refractivity contribution >= 4 is 11.9 Å². The van der Waals surface area contributed by atoms with E-state index in [2.05, 4.69) is 0 Å². The highest BCUT2D eigenvalue weighted by molar-refractivity contribution is 5.93. The highest BCUT2D eigenvalue weighted by Gasteiger charge is 2.59. The summed E-state index contributed by atoms with van der Waals surface area (Å²) in [5, 5.41) is 0. The highest BCUT2D eigenvalue weighted by atomic mass is 16.5. The van der Waals surface area contributed by atoms with Gasteiger partial charge < -0.3 is 23.5 Å². The van der Waals surface area contributed by atoms with Crippen molar-refractivity contribution in [2.75, 3.05) is 27.4 Å². The first kappa shape index (κ1) is 16.6. The zero-order valence-electron chi connectivity index (χ0n) is 14.2. The fourth-order valence-corrected chi connectivity index (χ4v) is 3.89. The van der Waals surface area contributed by atoms with Crippen molar-refractivity contribution in [2.45, 2.75) is 25.5 Å². The largest absolute Gasteiger partial charge is 0.469 e. The topological polar surface area (TPSA) is 78.2 Å². The van der Waals surface area contributed by atoms with Crippen molar-refractivity contribution in [2.24, 2.45) is 5.92 Å². The Hall–Kier alpha value is -2.28. The van der Waals surface area contributed by atoms with E-state index in [1.807, 2.05) is 18.7 Å². The van der Waals surface area contributed by atoms with Crippen molar-refractivity contribution in [3.8, 4) is 0 Å². The zero-order chi connectivity index (χ0) is 17.5. The number of ether oxygens (including phenoxy) is 3. The molecule has 2 aliphatic rings. The molecule has 3 heterocycles. The Bertz CT molecular complexity index is 679. The molecule has 130 valence electrons. The molecule has 0 amide bonds. The molecule has 1 fully saturated rings. The van der Waals surface area contributed by atoms with Gasteiger partial charge in [-0.25, -0.2) is 4.79 Å². The third kappa shape index (κ3) is 2.23. The van der Waals surface area contributed by atoms with Crippen LogP contribution in [-0.2, 0) is 23.8 Å². The summed E-state index contributed by atoms with van der Waals surface area (Å²) in [6, 6.07) is 3.46. The standard InChI is InChI=1S/C17H21NO6/c1-10-12(15(19)21-3)13(11-6-5-8-23-11)14(16(20)22-4)17(2)18(10)7-9-24-17/h5-6,8,13-14H,7,9H2,1-4H3/t13-,14-,17+/m1/s1. The third-order valence-corrected chi connectivity index (χ3v) is 4.97.